The molecule has 0 fully saturated rings. The quantitative estimate of drug-likeness (QED) is 0.818. The first kappa shape index (κ1) is 17.5. The molecule has 1 heterocycles. The minimum Gasteiger partial charge on any atom is -0.480 e. The number of carboxylic acids is 1. The minimum absolute atomic E-state index is 0.203. The number of anilines is 1. The molecule has 6 nitrogen and oxygen atoms in total. The second-order valence-electron chi connectivity index (χ2n) is 5.77. The van der Waals surface area contributed by atoms with Gasteiger partial charge in [-0.2, -0.15) is 5.10 Å². The van der Waals surface area contributed by atoms with Crippen molar-refractivity contribution in [2.24, 2.45) is 0 Å². The molecule has 0 unspecified atom stereocenters. The van der Waals surface area contributed by atoms with Crippen molar-refractivity contribution < 1.29 is 14.7 Å². The van der Waals surface area contributed by atoms with Crippen LogP contribution >= 0.6 is 0 Å². The zero-order valence-corrected chi connectivity index (χ0v) is 13.8. The summed E-state index contributed by atoms with van der Waals surface area (Å²) in [5.41, 5.74) is 2.32. The van der Waals surface area contributed by atoms with E-state index < -0.39 is 5.97 Å². The Balaban J connectivity index is 1.84. The van der Waals surface area contributed by atoms with Gasteiger partial charge in [-0.3, -0.25) is 14.3 Å². The predicted octanol–water partition coefficient (Wildman–Crippen LogP) is 3.13. The normalized spacial score (nSPS) is 11.1. The number of nitrogens with zero attached hydrogens (tertiary/aromatic N) is 2. The highest BCUT2D eigenvalue weighted by atomic mass is 16.4. The first-order valence-electron chi connectivity index (χ1n) is 7.75. The Labute approximate surface area is 140 Å². The highest BCUT2D eigenvalue weighted by molar-refractivity contribution is 5.91. The molecule has 126 valence electrons. The van der Waals surface area contributed by atoms with Gasteiger partial charge in [-0.05, 0) is 17.0 Å². The van der Waals surface area contributed by atoms with E-state index >= 15 is 0 Å². The van der Waals surface area contributed by atoms with E-state index in [4.69, 9.17) is 5.11 Å². The maximum absolute atomic E-state index is 11.8. The zero-order valence-electron chi connectivity index (χ0n) is 13.8. The Hall–Kier alpha value is -2.89. The number of nitrogens with one attached hydrogen (secondary N) is 1. The molecule has 0 saturated heterocycles. The molecule has 0 atom stereocenters. The van der Waals surface area contributed by atoms with Crippen molar-refractivity contribution >= 4 is 23.8 Å². The van der Waals surface area contributed by atoms with Crippen LogP contribution in [0.2, 0.25) is 0 Å². The van der Waals surface area contributed by atoms with Crippen LogP contribution in [0.15, 0.2) is 42.6 Å². The van der Waals surface area contributed by atoms with Gasteiger partial charge in [0.15, 0.2) is 5.82 Å². The summed E-state index contributed by atoms with van der Waals surface area (Å²) in [5.74, 6) is -0.348. The second-order valence-corrected chi connectivity index (χ2v) is 5.77. The van der Waals surface area contributed by atoms with Crippen molar-refractivity contribution in [3.63, 3.8) is 0 Å². The Morgan fingerprint density at radius 2 is 1.96 bits per heavy atom. The SMILES string of the molecule is CC(C)c1ccc(/C=C/CC(=O)Nc2ccn(CC(=O)O)n2)cc1. The van der Waals surface area contributed by atoms with Crippen molar-refractivity contribution in [3.05, 3.63) is 53.7 Å². The van der Waals surface area contributed by atoms with Crippen molar-refractivity contribution in [1.82, 2.24) is 9.78 Å². The van der Waals surface area contributed by atoms with Gasteiger partial charge in [0.05, 0.1) is 0 Å². The third-order valence-corrected chi connectivity index (χ3v) is 3.42. The molecule has 2 rings (SSSR count). The van der Waals surface area contributed by atoms with Gasteiger partial charge in [-0.15, -0.1) is 0 Å². The number of carboxylic acid groups (broad SMARTS) is 1. The lowest BCUT2D eigenvalue weighted by Crippen LogP contribution is -2.12. The number of carbonyl (C=O) groups is 2. The van der Waals surface area contributed by atoms with Crippen LogP contribution in [0.1, 0.15) is 37.3 Å². The Kier molecular flexibility index (Phi) is 5.89. The lowest BCUT2D eigenvalue weighted by molar-refractivity contribution is -0.137. The van der Waals surface area contributed by atoms with Crippen molar-refractivity contribution in [1.29, 1.82) is 0 Å². The molecule has 2 aromatic rings. The largest absolute Gasteiger partial charge is 0.480 e. The van der Waals surface area contributed by atoms with E-state index in [1.807, 2.05) is 18.2 Å². The monoisotopic (exact) mass is 327 g/mol. The van der Waals surface area contributed by atoms with Gasteiger partial charge >= 0.3 is 5.97 Å². The van der Waals surface area contributed by atoms with Crippen molar-refractivity contribution in [2.45, 2.75) is 32.7 Å². The number of aromatic nitrogens is 2. The summed E-state index contributed by atoms with van der Waals surface area (Å²) in [7, 11) is 0. The van der Waals surface area contributed by atoms with E-state index in [0.29, 0.717) is 11.7 Å². The van der Waals surface area contributed by atoms with Crippen LogP contribution in [-0.2, 0) is 16.1 Å². The lowest BCUT2D eigenvalue weighted by atomic mass is 10.0. The number of aliphatic carboxylic acids is 1. The molecule has 1 aromatic carbocycles. The Morgan fingerprint density at radius 3 is 2.58 bits per heavy atom. The molecular formula is C18H21N3O3. The van der Waals surface area contributed by atoms with Gasteiger partial charge in [0.2, 0.25) is 5.91 Å². The molecule has 0 bridgehead atoms. The summed E-state index contributed by atoms with van der Waals surface area (Å²) < 4.78 is 1.25. The number of benzene rings is 1. The molecule has 1 amide bonds. The molecule has 1 aromatic heterocycles. The smallest absolute Gasteiger partial charge is 0.325 e. The third-order valence-electron chi connectivity index (χ3n) is 3.42. The first-order chi connectivity index (χ1) is 11.4. The third kappa shape index (κ3) is 5.39. The van der Waals surface area contributed by atoms with Crippen LogP contribution in [0.4, 0.5) is 5.82 Å². The highest BCUT2D eigenvalue weighted by Crippen LogP contribution is 2.15. The van der Waals surface area contributed by atoms with E-state index in [9.17, 15) is 9.59 Å². The summed E-state index contributed by atoms with van der Waals surface area (Å²) in [6.07, 6.45) is 5.41. The van der Waals surface area contributed by atoms with Gasteiger partial charge in [0.25, 0.3) is 0 Å². The Bertz CT molecular complexity index is 730. The van der Waals surface area contributed by atoms with Gasteiger partial charge in [0, 0.05) is 18.7 Å². The maximum atomic E-state index is 11.8. The van der Waals surface area contributed by atoms with E-state index in [2.05, 4.69) is 36.4 Å². The van der Waals surface area contributed by atoms with Crippen LogP contribution in [-0.4, -0.2) is 26.8 Å². The standard InChI is InChI=1S/C18H21N3O3/c1-13(2)15-8-6-14(7-9-15)4-3-5-17(22)19-16-10-11-21(20-16)12-18(23)24/h3-4,6-11,13H,5,12H2,1-2H3,(H,23,24)(H,19,20,22)/b4-3+. The lowest BCUT2D eigenvalue weighted by Gasteiger charge is -2.04. The number of carbonyl (C=O) groups excluding carboxylic acids is 1. The molecular weight excluding hydrogens is 306 g/mol. The van der Waals surface area contributed by atoms with Crippen LogP contribution < -0.4 is 5.32 Å². The topological polar surface area (TPSA) is 84.2 Å². The van der Waals surface area contributed by atoms with Crippen LogP contribution in [0, 0.1) is 0 Å². The fourth-order valence-corrected chi connectivity index (χ4v) is 2.14. The molecule has 0 radical (unpaired) electrons. The minimum atomic E-state index is -0.984. The van der Waals surface area contributed by atoms with Crippen molar-refractivity contribution in [3.8, 4) is 0 Å². The van der Waals surface area contributed by atoms with Gasteiger partial charge in [-0.25, -0.2) is 0 Å². The predicted molar refractivity (Wildman–Crippen MR) is 92.7 cm³/mol. The van der Waals surface area contributed by atoms with E-state index in [-0.39, 0.29) is 18.9 Å². The maximum Gasteiger partial charge on any atom is 0.325 e. The molecule has 0 spiro atoms. The molecule has 6 heteroatoms. The molecule has 0 aliphatic rings. The van der Waals surface area contributed by atoms with Gasteiger partial charge in [-0.1, -0.05) is 50.3 Å². The number of hydrogen-bond acceptors (Lipinski definition) is 3. The summed E-state index contributed by atoms with van der Waals surface area (Å²) in [5, 5.41) is 15.3. The Morgan fingerprint density at radius 1 is 1.25 bits per heavy atom. The summed E-state index contributed by atoms with van der Waals surface area (Å²) in [4.78, 5) is 22.4. The number of rotatable bonds is 7. The molecule has 0 saturated carbocycles. The second kappa shape index (κ2) is 8.10. The van der Waals surface area contributed by atoms with E-state index in [1.54, 1.807) is 12.1 Å². The highest BCUT2D eigenvalue weighted by Gasteiger charge is 2.05. The molecule has 2 N–H and O–H groups in total. The molecule has 0 aliphatic heterocycles. The summed E-state index contributed by atoms with van der Waals surface area (Å²) in [6.45, 7) is 4.06. The fourth-order valence-electron chi connectivity index (χ4n) is 2.14. The van der Waals surface area contributed by atoms with E-state index in [1.165, 1.54) is 16.4 Å². The van der Waals surface area contributed by atoms with Crippen LogP contribution in [0.25, 0.3) is 6.08 Å². The van der Waals surface area contributed by atoms with Gasteiger partial charge < -0.3 is 10.4 Å². The van der Waals surface area contributed by atoms with E-state index in [0.717, 1.165) is 5.56 Å². The first-order valence-corrected chi connectivity index (χ1v) is 7.75. The number of amides is 1. The average molecular weight is 327 g/mol. The fraction of sp³-hybridized carbons (Fsp3) is 0.278. The summed E-state index contributed by atoms with van der Waals surface area (Å²) in [6, 6.07) is 9.78. The summed E-state index contributed by atoms with van der Waals surface area (Å²) >= 11 is 0. The van der Waals surface area contributed by atoms with Crippen molar-refractivity contribution in [2.75, 3.05) is 5.32 Å². The number of hydrogen-bond donors (Lipinski definition) is 2. The van der Waals surface area contributed by atoms with Crippen LogP contribution in [0.5, 0.6) is 0 Å². The molecule has 24 heavy (non-hydrogen) atoms. The molecule has 0 aliphatic carbocycles. The van der Waals surface area contributed by atoms with Crippen LogP contribution in [0.3, 0.4) is 0 Å². The van der Waals surface area contributed by atoms with Gasteiger partial charge in [0.1, 0.15) is 6.54 Å². The average Bonchev–Trinajstić information content (AvgIpc) is 2.93. The zero-order chi connectivity index (χ0) is 17.5.